The van der Waals surface area contributed by atoms with Gasteiger partial charge in [-0.25, -0.2) is 0 Å². The molecular weight excluding hydrogens is 654 g/mol. The molecule has 1 fully saturated rings. The SMILES string of the molecule is CCCCCCCC/C=C\C/C=C\CC(O)C(=O)NC(COC1OC(CO)C(O)C(O)C1O)C(O)C(O)CCCCCCCCCCCCCC. The minimum absolute atomic E-state index is 0.0505. The second-order valence-electron chi connectivity index (χ2n) is 14.4. The lowest BCUT2D eigenvalue weighted by Crippen LogP contribution is -2.60. The molecule has 8 N–H and O–H groups in total. The van der Waals surface area contributed by atoms with Crippen LogP contribution in [0.25, 0.3) is 0 Å². The van der Waals surface area contributed by atoms with Gasteiger partial charge in [0.05, 0.1) is 25.4 Å². The van der Waals surface area contributed by atoms with Crippen LogP contribution >= 0.6 is 0 Å². The molecule has 1 aliphatic heterocycles. The Morgan fingerprint density at radius 1 is 0.706 bits per heavy atom. The summed E-state index contributed by atoms with van der Waals surface area (Å²) in [6.45, 7) is 3.35. The number of aliphatic hydroxyl groups excluding tert-OH is 7. The molecule has 0 radical (unpaired) electrons. The average Bonchev–Trinajstić information content (AvgIpc) is 3.13. The van der Waals surface area contributed by atoms with Gasteiger partial charge in [0.1, 0.15) is 36.6 Å². The zero-order valence-electron chi connectivity index (χ0n) is 31.8. The molecule has 1 rings (SSSR count). The fraction of sp³-hybridized carbons (Fsp3) is 0.875. The Kier molecular flexibility index (Phi) is 28.9. The number of allylic oxidation sites excluding steroid dienone is 3. The topological polar surface area (TPSA) is 189 Å². The second kappa shape index (κ2) is 31.0. The van der Waals surface area contributed by atoms with Gasteiger partial charge >= 0.3 is 0 Å². The minimum atomic E-state index is -1.67. The number of hydrogen-bond donors (Lipinski definition) is 8. The molecule has 1 saturated heterocycles. The maximum Gasteiger partial charge on any atom is 0.249 e. The summed E-state index contributed by atoms with van der Waals surface area (Å²) in [7, 11) is 0. The van der Waals surface area contributed by atoms with E-state index in [2.05, 4.69) is 31.3 Å². The highest BCUT2D eigenvalue weighted by Crippen LogP contribution is 2.23. The molecule has 0 aromatic heterocycles. The van der Waals surface area contributed by atoms with E-state index in [4.69, 9.17) is 9.47 Å². The van der Waals surface area contributed by atoms with Gasteiger partial charge in [-0.15, -0.1) is 0 Å². The summed E-state index contributed by atoms with van der Waals surface area (Å²) in [5.74, 6) is -0.766. The van der Waals surface area contributed by atoms with E-state index in [0.717, 1.165) is 25.7 Å². The van der Waals surface area contributed by atoms with Crippen LogP contribution in [-0.4, -0.2) is 110 Å². The van der Waals surface area contributed by atoms with Crippen LogP contribution in [0, 0.1) is 0 Å². The lowest BCUT2D eigenvalue weighted by atomic mass is 9.98. The zero-order valence-corrected chi connectivity index (χ0v) is 31.8. The van der Waals surface area contributed by atoms with Gasteiger partial charge in [-0.3, -0.25) is 4.79 Å². The van der Waals surface area contributed by atoms with E-state index in [0.29, 0.717) is 19.3 Å². The van der Waals surface area contributed by atoms with Crippen molar-refractivity contribution >= 4 is 5.91 Å². The van der Waals surface area contributed by atoms with Gasteiger partial charge in [-0.1, -0.05) is 147 Å². The van der Waals surface area contributed by atoms with Crippen LogP contribution in [0.1, 0.15) is 155 Å². The molecule has 11 nitrogen and oxygen atoms in total. The molecule has 11 heteroatoms. The number of rotatable bonds is 32. The summed E-state index contributed by atoms with van der Waals surface area (Å²) in [5.41, 5.74) is 0. The summed E-state index contributed by atoms with van der Waals surface area (Å²) >= 11 is 0. The second-order valence-corrected chi connectivity index (χ2v) is 14.4. The van der Waals surface area contributed by atoms with Crippen molar-refractivity contribution in [1.29, 1.82) is 0 Å². The molecule has 0 aromatic rings. The molecule has 300 valence electrons. The van der Waals surface area contributed by atoms with Gasteiger partial charge in [0.15, 0.2) is 6.29 Å². The summed E-state index contributed by atoms with van der Waals surface area (Å²) in [6, 6.07) is -1.19. The van der Waals surface area contributed by atoms with Crippen molar-refractivity contribution in [2.75, 3.05) is 13.2 Å². The third kappa shape index (κ3) is 21.8. The number of unbranched alkanes of at least 4 members (excludes halogenated alkanes) is 17. The lowest BCUT2D eigenvalue weighted by molar-refractivity contribution is -0.303. The smallest absolute Gasteiger partial charge is 0.249 e. The third-order valence-electron chi connectivity index (χ3n) is 9.77. The Labute approximate surface area is 308 Å². The summed E-state index contributed by atoms with van der Waals surface area (Å²) in [5, 5.41) is 75.1. The Bertz CT molecular complexity index is 887. The highest BCUT2D eigenvalue weighted by Gasteiger charge is 2.44. The van der Waals surface area contributed by atoms with Crippen LogP contribution in [0.5, 0.6) is 0 Å². The lowest BCUT2D eigenvalue weighted by Gasteiger charge is -2.40. The van der Waals surface area contributed by atoms with E-state index in [1.54, 1.807) is 6.08 Å². The molecule has 9 atom stereocenters. The molecule has 9 unspecified atom stereocenters. The molecule has 1 heterocycles. The zero-order chi connectivity index (χ0) is 37.7. The van der Waals surface area contributed by atoms with Gasteiger partial charge in [-0.2, -0.15) is 0 Å². The molecule has 1 amide bonds. The van der Waals surface area contributed by atoms with E-state index >= 15 is 0 Å². The number of nitrogens with one attached hydrogen (secondary N) is 1. The van der Waals surface area contributed by atoms with Gasteiger partial charge in [0, 0.05) is 6.42 Å². The van der Waals surface area contributed by atoms with Crippen molar-refractivity contribution < 1.29 is 50.0 Å². The highest BCUT2D eigenvalue weighted by atomic mass is 16.7. The molecule has 0 saturated carbocycles. The molecule has 51 heavy (non-hydrogen) atoms. The maximum atomic E-state index is 13.0. The number of carbonyl (C=O) groups excluding carboxylic acids is 1. The fourth-order valence-electron chi connectivity index (χ4n) is 6.31. The normalized spacial score (nSPS) is 23.5. The summed E-state index contributed by atoms with van der Waals surface area (Å²) < 4.78 is 11.0. The Morgan fingerprint density at radius 2 is 1.24 bits per heavy atom. The Morgan fingerprint density at radius 3 is 1.80 bits per heavy atom. The van der Waals surface area contributed by atoms with Crippen LogP contribution in [0.2, 0.25) is 0 Å². The monoisotopic (exact) mass is 730 g/mol. The first-order valence-electron chi connectivity index (χ1n) is 20.2. The van der Waals surface area contributed by atoms with Gasteiger partial charge in [0.25, 0.3) is 0 Å². The molecule has 0 aromatic carbocycles. The first-order valence-corrected chi connectivity index (χ1v) is 20.2. The molecule has 0 bridgehead atoms. The van der Waals surface area contributed by atoms with Crippen LogP contribution < -0.4 is 5.32 Å². The number of ether oxygens (including phenoxy) is 2. The van der Waals surface area contributed by atoms with Crippen LogP contribution in [0.4, 0.5) is 0 Å². The van der Waals surface area contributed by atoms with Crippen LogP contribution in [0.15, 0.2) is 24.3 Å². The molecule has 1 aliphatic rings. The number of hydrogen-bond acceptors (Lipinski definition) is 10. The predicted octanol–water partition coefficient (Wildman–Crippen LogP) is 5.10. The van der Waals surface area contributed by atoms with Crippen molar-refractivity contribution in [1.82, 2.24) is 5.32 Å². The maximum absolute atomic E-state index is 13.0. The molecule has 0 aliphatic carbocycles. The third-order valence-corrected chi connectivity index (χ3v) is 9.77. The van der Waals surface area contributed by atoms with E-state index in [-0.39, 0.29) is 6.42 Å². The van der Waals surface area contributed by atoms with Crippen LogP contribution in [-0.2, 0) is 14.3 Å². The Balaban J connectivity index is 2.60. The standard InChI is InChI=1S/C40H75NO10/c1-3-5-7-9-11-13-15-17-19-21-23-25-27-32(43)35(45)31(30-50-40-38(48)37(47)36(46)34(29-42)51-40)41-39(49)33(44)28-26-24-22-20-18-16-14-12-10-8-6-4-2/h18,20,24,26,31-38,40,42-48H,3-17,19,21-23,25,27-30H2,1-2H3,(H,41,49)/b20-18-,26-24-. The van der Waals surface area contributed by atoms with Crippen LogP contribution in [0.3, 0.4) is 0 Å². The van der Waals surface area contributed by atoms with Crippen molar-refractivity contribution in [3.63, 3.8) is 0 Å². The number of aliphatic hydroxyl groups is 7. The van der Waals surface area contributed by atoms with E-state index in [1.165, 1.54) is 89.9 Å². The quantitative estimate of drug-likeness (QED) is 0.0342. The van der Waals surface area contributed by atoms with E-state index in [9.17, 15) is 40.5 Å². The van der Waals surface area contributed by atoms with Gasteiger partial charge in [0.2, 0.25) is 5.91 Å². The van der Waals surface area contributed by atoms with E-state index < -0.39 is 74.2 Å². The summed E-state index contributed by atoms with van der Waals surface area (Å²) in [6.07, 6.45) is 19.7. The minimum Gasteiger partial charge on any atom is -0.394 e. The fourth-order valence-corrected chi connectivity index (χ4v) is 6.31. The van der Waals surface area contributed by atoms with Crippen molar-refractivity contribution in [3.05, 3.63) is 24.3 Å². The first kappa shape index (κ1) is 47.6. The molecular formula is C40H75NO10. The first-order chi connectivity index (χ1) is 24.7. The predicted molar refractivity (Wildman–Crippen MR) is 201 cm³/mol. The van der Waals surface area contributed by atoms with Crippen molar-refractivity contribution in [3.8, 4) is 0 Å². The number of carbonyl (C=O) groups is 1. The van der Waals surface area contributed by atoms with E-state index in [1.807, 2.05) is 6.08 Å². The van der Waals surface area contributed by atoms with Gasteiger partial charge < -0.3 is 50.5 Å². The highest BCUT2D eigenvalue weighted by molar-refractivity contribution is 5.81. The van der Waals surface area contributed by atoms with Crippen molar-refractivity contribution in [2.24, 2.45) is 0 Å². The molecule has 0 spiro atoms. The summed E-state index contributed by atoms with van der Waals surface area (Å²) in [4.78, 5) is 13.0. The van der Waals surface area contributed by atoms with Gasteiger partial charge in [-0.05, 0) is 25.7 Å². The largest absolute Gasteiger partial charge is 0.394 e. The number of amides is 1. The Hall–Kier alpha value is -1.41. The van der Waals surface area contributed by atoms with Crippen molar-refractivity contribution in [2.45, 2.75) is 210 Å². The average molecular weight is 730 g/mol.